The standard InChI is InChI=1S/C14H18NO6P/c1-2-10-4-5-12-11(8-10)15(9-20-22(17,18)19)13(16)14(21-12)6-3-7-14/h4-5,8H,2-3,6-7,9H2,1H3,(H2,17,18,19). The van der Waals surface area contributed by atoms with Gasteiger partial charge in [-0.2, -0.15) is 0 Å². The minimum Gasteiger partial charge on any atom is -0.475 e. The number of rotatable bonds is 4. The van der Waals surface area contributed by atoms with Crippen molar-refractivity contribution < 1.29 is 28.4 Å². The minimum atomic E-state index is -4.66. The van der Waals surface area contributed by atoms with E-state index in [0.29, 0.717) is 24.3 Å². The van der Waals surface area contributed by atoms with Crippen LogP contribution in [0.3, 0.4) is 0 Å². The first kappa shape index (κ1) is 15.5. The summed E-state index contributed by atoms with van der Waals surface area (Å²) in [6, 6.07) is 5.51. The van der Waals surface area contributed by atoms with Crippen molar-refractivity contribution in [1.82, 2.24) is 0 Å². The van der Waals surface area contributed by atoms with Crippen LogP contribution in [0.25, 0.3) is 0 Å². The molecule has 1 spiro atoms. The summed E-state index contributed by atoms with van der Waals surface area (Å²) in [5, 5.41) is 0. The van der Waals surface area contributed by atoms with Crippen LogP contribution in [-0.2, 0) is 20.3 Å². The molecule has 2 aliphatic rings. The second-order valence-corrected chi connectivity index (χ2v) is 6.83. The lowest BCUT2D eigenvalue weighted by Gasteiger charge is -2.47. The fourth-order valence-corrected chi connectivity index (χ4v) is 3.03. The number of anilines is 1. The molecule has 2 N–H and O–H groups in total. The first-order chi connectivity index (χ1) is 10.3. The van der Waals surface area contributed by atoms with Crippen LogP contribution < -0.4 is 9.64 Å². The number of aryl methyl sites for hydroxylation is 1. The maximum atomic E-state index is 12.7. The number of phosphoric acid groups is 1. The van der Waals surface area contributed by atoms with Crippen LogP contribution in [0.4, 0.5) is 5.69 Å². The first-order valence-corrected chi connectivity index (χ1v) is 8.72. The average Bonchev–Trinajstić information content (AvgIpc) is 2.42. The molecule has 1 aromatic carbocycles. The number of benzene rings is 1. The highest BCUT2D eigenvalue weighted by molar-refractivity contribution is 7.46. The van der Waals surface area contributed by atoms with E-state index in [2.05, 4.69) is 4.52 Å². The molecule has 1 heterocycles. The van der Waals surface area contributed by atoms with Crippen molar-refractivity contribution in [3.8, 4) is 5.75 Å². The van der Waals surface area contributed by atoms with Gasteiger partial charge in [0, 0.05) is 0 Å². The average molecular weight is 327 g/mol. The maximum absolute atomic E-state index is 12.7. The smallest absolute Gasteiger partial charge is 0.471 e. The Morgan fingerprint density at radius 2 is 2.14 bits per heavy atom. The van der Waals surface area contributed by atoms with Gasteiger partial charge in [-0.05, 0) is 43.4 Å². The summed E-state index contributed by atoms with van der Waals surface area (Å²) in [6.45, 7) is 1.49. The van der Waals surface area contributed by atoms with Gasteiger partial charge in [0.25, 0.3) is 5.91 Å². The lowest BCUT2D eigenvalue weighted by atomic mass is 9.78. The highest BCUT2D eigenvalue weighted by Gasteiger charge is 2.52. The second kappa shape index (κ2) is 5.35. The molecule has 0 radical (unpaired) electrons. The van der Waals surface area contributed by atoms with Gasteiger partial charge in [-0.3, -0.25) is 14.2 Å². The van der Waals surface area contributed by atoms with Gasteiger partial charge in [-0.25, -0.2) is 4.57 Å². The van der Waals surface area contributed by atoms with Gasteiger partial charge in [-0.15, -0.1) is 0 Å². The first-order valence-electron chi connectivity index (χ1n) is 7.19. The molecule has 1 fully saturated rings. The van der Waals surface area contributed by atoms with Crippen LogP contribution in [0.5, 0.6) is 5.75 Å². The fraction of sp³-hybridized carbons (Fsp3) is 0.500. The number of carbonyl (C=O) groups excluding carboxylic acids is 1. The Labute approximate surface area is 128 Å². The molecule has 1 aliphatic heterocycles. The number of carbonyl (C=O) groups is 1. The molecule has 0 saturated heterocycles. The third-order valence-corrected chi connectivity index (χ3v) is 4.63. The van der Waals surface area contributed by atoms with E-state index in [4.69, 9.17) is 14.5 Å². The topological polar surface area (TPSA) is 96.3 Å². The predicted octanol–water partition coefficient (Wildman–Crippen LogP) is 1.96. The lowest BCUT2D eigenvalue weighted by molar-refractivity contribution is -0.144. The Bertz CT molecular complexity index is 651. The summed E-state index contributed by atoms with van der Waals surface area (Å²) >= 11 is 0. The minimum absolute atomic E-state index is 0.298. The normalized spacial score (nSPS) is 19.6. The monoisotopic (exact) mass is 327 g/mol. The molecule has 1 aliphatic carbocycles. The number of nitrogens with zero attached hydrogens (tertiary/aromatic N) is 1. The Morgan fingerprint density at radius 3 is 2.68 bits per heavy atom. The molecule has 0 unspecified atom stereocenters. The predicted molar refractivity (Wildman–Crippen MR) is 78.5 cm³/mol. The van der Waals surface area contributed by atoms with Gasteiger partial charge in [0.2, 0.25) is 0 Å². The van der Waals surface area contributed by atoms with Crippen molar-refractivity contribution in [2.45, 2.75) is 38.2 Å². The molecule has 7 nitrogen and oxygen atoms in total. The van der Waals surface area contributed by atoms with Crippen LogP contribution in [0.15, 0.2) is 18.2 Å². The summed E-state index contributed by atoms with van der Waals surface area (Å²) in [7, 11) is -4.66. The number of hydrogen-bond acceptors (Lipinski definition) is 4. The Kier molecular flexibility index (Phi) is 3.77. The van der Waals surface area contributed by atoms with Crippen molar-refractivity contribution in [1.29, 1.82) is 0 Å². The lowest BCUT2D eigenvalue weighted by Crippen LogP contribution is -2.60. The maximum Gasteiger partial charge on any atom is 0.471 e. The Balaban J connectivity index is 1.97. The molecule has 1 saturated carbocycles. The highest BCUT2D eigenvalue weighted by Crippen LogP contribution is 2.47. The van der Waals surface area contributed by atoms with E-state index in [1.807, 2.05) is 13.0 Å². The highest BCUT2D eigenvalue weighted by atomic mass is 31.2. The van der Waals surface area contributed by atoms with Gasteiger partial charge in [0.15, 0.2) is 5.60 Å². The third kappa shape index (κ3) is 2.65. The number of amides is 1. The molecule has 120 valence electrons. The van der Waals surface area contributed by atoms with E-state index < -0.39 is 20.2 Å². The number of ether oxygens (including phenoxy) is 1. The van der Waals surface area contributed by atoms with E-state index in [0.717, 1.165) is 18.4 Å². The van der Waals surface area contributed by atoms with Gasteiger partial charge in [0.1, 0.15) is 12.5 Å². The van der Waals surface area contributed by atoms with Gasteiger partial charge in [0.05, 0.1) is 5.69 Å². The summed E-state index contributed by atoms with van der Waals surface area (Å²) in [5.41, 5.74) is 0.593. The quantitative estimate of drug-likeness (QED) is 0.821. The largest absolute Gasteiger partial charge is 0.475 e. The second-order valence-electron chi connectivity index (χ2n) is 5.59. The molecule has 0 bridgehead atoms. The van der Waals surface area contributed by atoms with Crippen molar-refractivity contribution in [3.05, 3.63) is 23.8 Å². The van der Waals surface area contributed by atoms with Crippen molar-refractivity contribution in [2.24, 2.45) is 0 Å². The van der Waals surface area contributed by atoms with Crippen molar-refractivity contribution in [3.63, 3.8) is 0 Å². The molecular formula is C14H18NO6P. The molecule has 22 heavy (non-hydrogen) atoms. The van der Waals surface area contributed by atoms with E-state index >= 15 is 0 Å². The van der Waals surface area contributed by atoms with E-state index in [-0.39, 0.29) is 5.91 Å². The molecular weight excluding hydrogens is 309 g/mol. The zero-order valence-electron chi connectivity index (χ0n) is 12.2. The molecule has 0 aromatic heterocycles. The Morgan fingerprint density at radius 1 is 1.41 bits per heavy atom. The molecule has 1 aromatic rings. The number of fused-ring (bicyclic) bond motifs is 1. The number of phosphoric ester groups is 1. The summed E-state index contributed by atoms with van der Waals surface area (Å²) in [6.07, 6.45) is 2.88. The Hall–Kier alpha value is -1.40. The van der Waals surface area contributed by atoms with Gasteiger partial charge in [-0.1, -0.05) is 13.0 Å². The van der Waals surface area contributed by atoms with Crippen LogP contribution in [0.2, 0.25) is 0 Å². The molecule has 0 atom stereocenters. The third-order valence-electron chi connectivity index (χ3n) is 4.18. The van der Waals surface area contributed by atoms with Gasteiger partial charge < -0.3 is 14.5 Å². The van der Waals surface area contributed by atoms with E-state index in [9.17, 15) is 9.36 Å². The molecule has 1 amide bonds. The summed E-state index contributed by atoms with van der Waals surface area (Å²) in [4.78, 5) is 31.8. The molecule has 3 rings (SSSR count). The summed E-state index contributed by atoms with van der Waals surface area (Å²) in [5.74, 6) is 0.249. The van der Waals surface area contributed by atoms with Crippen molar-refractivity contribution >= 4 is 19.4 Å². The number of hydrogen-bond donors (Lipinski definition) is 2. The van der Waals surface area contributed by atoms with Crippen molar-refractivity contribution in [2.75, 3.05) is 11.6 Å². The van der Waals surface area contributed by atoms with E-state index in [1.165, 1.54) is 4.90 Å². The zero-order chi connectivity index (χ0) is 16.0. The van der Waals surface area contributed by atoms with Gasteiger partial charge >= 0.3 is 7.82 Å². The van der Waals surface area contributed by atoms with Crippen LogP contribution in [0, 0.1) is 0 Å². The van der Waals surface area contributed by atoms with E-state index in [1.54, 1.807) is 12.1 Å². The zero-order valence-corrected chi connectivity index (χ0v) is 13.1. The SMILES string of the molecule is CCc1ccc2c(c1)N(COP(=O)(O)O)C(=O)C1(CCC1)O2. The van der Waals surface area contributed by atoms with Crippen LogP contribution in [0.1, 0.15) is 31.7 Å². The fourth-order valence-electron chi connectivity index (χ4n) is 2.76. The van der Waals surface area contributed by atoms with Crippen LogP contribution in [-0.4, -0.2) is 28.0 Å². The summed E-state index contributed by atoms with van der Waals surface area (Å²) < 4.78 is 21.4. The molecule has 8 heteroatoms. The van der Waals surface area contributed by atoms with Crippen LogP contribution >= 0.6 is 7.82 Å².